The summed E-state index contributed by atoms with van der Waals surface area (Å²) in [6.45, 7) is 5.92. The van der Waals surface area contributed by atoms with Gasteiger partial charge in [-0.2, -0.15) is 0 Å². The lowest BCUT2D eigenvalue weighted by Crippen LogP contribution is -2.45. The number of anilines is 1. The molecule has 0 bridgehead atoms. The normalized spacial score (nSPS) is 12.3. The summed E-state index contributed by atoms with van der Waals surface area (Å²) in [4.78, 5) is 25.0. The Kier molecular flexibility index (Phi) is 9.79. The number of ether oxygens (including phenoxy) is 1. The minimum Gasteiger partial charge on any atom is -0.478 e. The van der Waals surface area contributed by atoms with E-state index in [1.165, 1.54) is 0 Å². The van der Waals surface area contributed by atoms with Crippen LogP contribution in [0.1, 0.15) is 47.8 Å². The maximum atomic E-state index is 13.1. The summed E-state index contributed by atoms with van der Waals surface area (Å²) >= 11 is 1.75. The average molecular weight is 619 g/mol. The number of fused-ring (bicyclic) bond motifs is 1. The first-order chi connectivity index (χ1) is 21.7. The molecular weight excluding hydrogens is 580 g/mol. The molecule has 5 aromatic rings. The molecule has 0 aromatic heterocycles. The van der Waals surface area contributed by atoms with Crippen molar-refractivity contribution in [2.45, 2.75) is 37.2 Å². The van der Waals surface area contributed by atoms with Crippen LogP contribution < -0.4 is 10.6 Å². The fourth-order valence-corrected chi connectivity index (χ4v) is 7.06. The van der Waals surface area contributed by atoms with E-state index in [1.54, 1.807) is 23.9 Å². The summed E-state index contributed by atoms with van der Waals surface area (Å²) in [5.41, 5.74) is 3.77. The predicted molar refractivity (Wildman–Crippen MR) is 184 cm³/mol. The number of alkyl carbamates (subject to hydrolysis) is 1. The topological polar surface area (TPSA) is 87.7 Å². The van der Waals surface area contributed by atoms with Gasteiger partial charge in [-0.1, -0.05) is 115 Å². The van der Waals surface area contributed by atoms with E-state index in [9.17, 15) is 14.7 Å². The van der Waals surface area contributed by atoms with E-state index in [4.69, 9.17) is 4.74 Å². The molecule has 0 aliphatic carbocycles. The third-order valence-corrected chi connectivity index (χ3v) is 9.16. The Labute approximate surface area is 268 Å². The average Bonchev–Trinajstić information content (AvgIpc) is 3.04. The Balaban J connectivity index is 1.51. The Hall–Kier alpha value is -4.75. The van der Waals surface area contributed by atoms with Crippen molar-refractivity contribution in [2.24, 2.45) is 0 Å². The Morgan fingerprint density at radius 1 is 0.711 bits per heavy atom. The number of hydrogen-bond donors (Lipinski definition) is 3. The number of aromatic carboxylic acids is 1. The van der Waals surface area contributed by atoms with Gasteiger partial charge in [0.2, 0.25) is 0 Å². The van der Waals surface area contributed by atoms with Gasteiger partial charge < -0.3 is 20.5 Å². The van der Waals surface area contributed by atoms with Gasteiger partial charge in [-0.05, 0) is 55.0 Å². The molecule has 7 heteroatoms. The van der Waals surface area contributed by atoms with Crippen LogP contribution in [-0.4, -0.2) is 41.1 Å². The van der Waals surface area contributed by atoms with Crippen molar-refractivity contribution >= 4 is 40.3 Å². The number of carboxylic acids is 1. The van der Waals surface area contributed by atoms with Crippen LogP contribution >= 0.6 is 11.8 Å². The second kappa shape index (κ2) is 13.9. The summed E-state index contributed by atoms with van der Waals surface area (Å²) in [6.07, 6.45) is -0.495. The number of hydrogen-bond acceptors (Lipinski definition) is 5. The molecule has 45 heavy (non-hydrogen) atoms. The fourth-order valence-electron chi connectivity index (χ4n) is 5.50. The number of rotatable bonds is 11. The maximum absolute atomic E-state index is 13.1. The molecule has 1 unspecified atom stereocenters. The maximum Gasteiger partial charge on any atom is 0.407 e. The largest absolute Gasteiger partial charge is 0.478 e. The number of carbonyl (C=O) groups is 2. The molecule has 6 nitrogen and oxygen atoms in total. The summed E-state index contributed by atoms with van der Waals surface area (Å²) in [5.74, 6) is -0.437. The molecule has 0 heterocycles. The van der Waals surface area contributed by atoms with Crippen molar-refractivity contribution in [3.8, 4) is 0 Å². The van der Waals surface area contributed by atoms with Crippen LogP contribution in [0.3, 0.4) is 0 Å². The lowest BCUT2D eigenvalue weighted by molar-refractivity contribution is 0.0511. The van der Waals surface area contributed by atoms with Crippen LogP contribution in [0.4, 0.5) is 10.5 Å². The lowest BCUT2D eigenvalue weighted by Gasteiger charge is -2.37. The van der Waals surface area contributed by atoms with E-state index in [2.05, 4.69) is 83.4 Å². The fraction of sp³-hybridized carbons (Fsp3) is 0.211. The zero-order valence-electron chi connectivity index (χ0n) is 25.7. The van der Waals surface area contributed by atoms with Crippen molar-refractivity contribution < 1.29 is 19.4 Å². The van der Waals surface area contributed by atoms with Crippen molar-refractivity contribution in [3.63, 3.8) is 0 Å². The quantitative estimate of drug-likeness (QED) is 0.129. The van der Waals surface area contributed by atoms with E-state index in [0.29, 0.717) is 17.7 Å². The highest BCUT2D eigenvalue weighted by atomic mass is 32.2. The van der Waals surface area contributed by atoms with Crippen molar-refractivity contribution in [1.29, 1.82) is 0 Å². The molecule has 0 saturated carbocycles. The molecule has 3 N–H and O–H groups in total. The minimum atomic E-state index is -0.974. The number of nitrogens with one attached hydrogen (secondary N) is 2. The highest BCUT2D eigenvalue weighted by molar-refractivity contribution is 8.00. The summed E-state index contributed by atoms with van der Waals surface area (Å²) in [7, 11) is 0. The van der Waals surface area contributed by atoms with Gasteiger partial charge >= 0.3 is 12.1 Å². The van der Waals surface area contributed by atoms with Crippen LogP contribution in [0.5, 0.6) is 0 Å². The number of benzene rings is 5. The minimum absolute atomic E-state index is 0.244. The molecule has 5 rings (SSSR count). The van der Waals surface area contributed by atoms with Crippen LogP contribution in [0.25, 0.3) is 10.8 Å². The molecule has 1 atom stereocenters. The van der Waals surface area contributed by atoms with Crippen LogP contribution in [0.2, 0.25) is 0 Å². The number of thioether (sulfide) groups is 1. The Morgan fingerprint density at radius 2 is 1.22 bits per heavy atom. The molecule has 0 aliphatic rings. The zero-order valence-corrected chi connectivity index (χ0v) is 26.5. The molecule has 0 fully saturated rings. The zero-order chi connectivity index (χ0) is 31.9. The Morgan fingerprint density at radius 3 is 1.73 bits per heavy atom. The molecule has 0 saturated heterocycles. The third-order valence-electron chi connectivity index (χ3n) is 7.45. The van der Waals surface area contributed by atoms with Gasteiger partial charge in [0, 0.05) is 23.4 Å². The van der Waals surface area contributed by atoms with E-state index in [1.807, 2.05) is 63.2 Å². The van der Waals surface area contributed by atoms with Crippen LogP contribution in [0.15, 0.2) is 127 Å². The van der Waals surface area contributed by atoms with E-state index in [-0.39, 0.29) is 11.6 Å². The van der Waals surface area contributed by atoms with Gasteiger partial charge in [0.05, 0.1) is 16.4 Å². The van der Waals surface area contributed by atoms with Gasteiger partial charge in [-0.15, -0.1) is 11.8 Å². The van der Waals surface area contributed by atoms with Gasteiger partial charge in [0.25, 0.3) is 0 Å². The smallest absolute Gasteiger partial charge is 0.407 e. The summed E-state index contributed by atoms with van der Waals surface area (Å²) in [6, 6.07) is 41.8. The number of carboxylic acid groups (broad SMARTS) is 1. The molecule has 0 radical (unpaired) electrons. The van der Waals surface area contributed by atoms with Crippen LogP contribution in [0, 0.1) is 0 Å². The van der Waals surface area contributed by atoms with E-state index in [0.717, 1.165) is 27.8 Å². The predicted octanol–water partition coefficient (Wildman–Crippen LogP) is 8.57. The number of amides is 1. The first kappa shape index (κ1) is 31.7. The van der Waals surface area contributed by atoms with E-state index < -0.39 is 22.4 Å². The first-order valence-electron chi connectivity index (χ1n) is 15.0. The molecule has 0 spiro atoms. The molecular formula is C38H38N2O4S. The standard InChI is InChI=1S/C38H38N2O4S/c1-37(2,3)44-36(43)40-30(25-39-34-24-14-21-31-32(34)22-13-23-33(31)35(41)42)26-45-38(27-15-7-4-8-16-27,28-17-9-5-10-18-28)29-19-11-6-12-20-29/h4-24,30,39H,25-26H2,1-3H3,(H,40,43)(H,41,42). The van der Waals surface area contributed by atoms with Crippen LogP contribution in [-0.2, 0) is 9.48 Å². The SMILES string of the molecule is CC(C)(C)OC(=O)NC(CNc1cccc2c(C(=O)O)cccc12)CSC(c1ccccc1)(c1ccccc1)c1ccccc1. The molecule has 1 amide bonds. The van der Waals surface area contributed by atoms with Crippen molar-refractivity contribution in [1.82, 2.24) is 5.32 Å². The van der Waals surface area contributed by atoms with Gasteiger partial charge in [0.1, 0.15) is 5.60 Å². The van der Waals surface area contributed by atoms with Gasteiger partial charge in [0.15, 0.2) is 0 Å². The summed E-state index contributed by atoms with van der Waals surface area (Å²) in [5, 5.41) is 17.8. The number of carbonyl (C=O) groups excluding carboxylic acids is 1. The third kappa shape index (κ3) is 7.49. The Bertz CT molecular complexity index is 1640. The monoisotopic (exact) mass is 618 g/mol. The van der Waals surface area contributed by atoms with Crippen molar-refractivity contribution in [2.75, 3.05) is 17.6 Å². The highest BCUT2D eigenvalue weighted by Crippen LogP contribution is 2.48. The molecule has 0 aliphatic heterocycles. The molecule has 5 aromatic carbocycles. The van der Waals surface area contributed by atoms with Gasteiger partial charge in [-0.25, -0.2) is 9.59 Å². The highest BCUT2D eigenvalue weighted by Gasteiger charge is 2.38. The second-order valence-corrected chi connectivity index (χ2v) is 13.1. The summed E-state index contributed by atoms with van der Waals surface area (Å²) < 4.78 is 5.10. The molecule has 230 valence electrons. The lowest BCUT2D eigenvalue weighted by atomic mass is 9.84. The van der Waals surface area contributed by atoms with E-state index >= 15 is 0 Å². The first-order valence-corrected chi connectivity index (χ1v) is 15.9. The van der Waals surface area contributed by atoms with Gasteiger partial charge in [-0.3, -0.25) is 0 Å². The van der Waals surface area contributed by atoms with Crippen molar-refractivity contribution in [3.05, 3.63) is 150 Å². The second-order valence-electron chi connectivity index (χ2n) is 11.8.